The number of unbranched alkanes of at least 4 members (excludes halogenated alkanes) is 2. The molecule has 0 radical (unpaired) electrons. The van der Waals surface area contributed by atoms with Gasteiger partial charge in [-0.25, -0.2) is 4.98 Å². The minimum absolute atomic E-state index is 0.0397. The van der Waals surface area contributed by atoms with Gasteiger partial charge < -0.3 is 19.4 Å². The summed E-state index contributed by atoms with van der Waals surface area (Å²) in [6.07, 6.45) is 3.83. The van der Waals surface area contributed by atoms with Gasteiger partial charge in [0.2, 0.25) is 0 Å². The maximum absolute atomic E-state index is 12.2. The maximum atomic E-state index is 12.2. The number of hydrogen-bond acceptors (Lipinski definition) is 4. The molecule has 0 saturated carbocycles. The lowest BCUT2D eigenvalue weighted by Gasteiger charge is -2.15. The minimum Gasteiger partial charge on any atom is -0.491 e. The lowest BCUT2D eigenvalue weighted by atomic mass is 10.0. The van der Waals surface area contributed by atoms with Gasteiger partial charge in [0.15, 0.2) is 6.61 Å². The van der Waals surface area contributed by atoms with Gasteiger partial charge in [0.1, 0.15) is 23.9 Å². The van der Waals surface area contributed by atoms with E-state index in [1.54, 1.807) is 0 Å². The van der Waals surface area contributed by atoms with E-state index in [4.69, 9.17) is 14.5 Å². The van der Waals surface area contributed by atoms with E-state index in [1.165, 1.54) is 5.56 Å². The SMILES string of the molecule is Cc1ccc(C)c(OCC(=O)NCCCCCc2nc3ccccc3n2CCOc2ccccc2C(C)C)c1. The number of hydrogen-bond donors (Lipinski definition) is 1. The van der Waals surface area contributed by atoms with Crippen molar-refractivity contribution < 1.29 is 14.3 Å². The van der Waals surface area contributed by atoms with Gasteiger partial charge in [0.05, 0.1) is 17.6 Å². The summed E-state index contributed by atoms with van der Waals surface area (Å²) < 4.78 is 14.2. The fourth-order valence-electron chi connectivity index (χ4n) is 4.77. The van der Waals surface area contributed by atoms with Gasteiger partial charge in [-0.3, -0.25) is 4.79 Å². The summed E-state index contributed by atoms with van der Waals surface area (Å²) in [5.74, 6) is 3.14. The molecule has 0 unspecified atom stereocenters. The molecule has 1 amide bonds. The van der Waals surface area contributed by atoms with Crippen LogP contribution >= 0.6 is 0 Å². The van der Waals surface area contributed by atoms with Gasteiger partial charge in [0.25, 0.3) is 5.91 Å². The zero-order valence-corrected chi connectivity index (χ0v) is 23.7. The van der Waals surface area contributed by atoms with Crippen molar-refractivity contribution in [2.24, 2.45) is 0 Å². The Balaban J connectivity index is 1.23. The summed E-state index contributed by atoms with van der Waals surface area (Å²) in [6, 6.07) is 22.6. The number of fused-ring (bicyclic) bond motifs is 1. The standard InChI is InChI=1S/C33H41N3O3/c1-24(2)27-12-7-10-15-30(27)38-21-20-36-29-14-9-8-13-28(29)35-32(36)16-6-5-11-19-34-33(37)23-39-31-22-25(3)17-18-26(31)4/h7-10,12-15,17-18,22,24H,5-6,11,16,19-21,23H2,1-4H3,(H,34,37). The monoisotopic (exact) mass is 527 g/mol. The molecule has 0 aliphatic heterocycles. The first-order valence-corrected chi connectivity index (χ1v) is 14.0. The normalized spacial score (nSPS) is 11.2. The van der Waals surface area contributed by atoms with Crippen LogP contribution in [0, 0.1) is 13.8 Å². The number of para-hydroxylation sites is 3. The van der Waals surface area contributed by atoms with Gasteiger partial charge in [-0.05, 0) is 73.6 Å². The number of aryl methyl sites for hydroxylation is 3. The van der Waals surface area contributed by atoms with Crippen LogP contribution in [0.25, 0.3) is 11.0 Å². The topological polar surface area (TPSA) is 65.4 Å². The van der Waals surface area contributed by atoms with Crippen LogP contribution in [0.2, 0.25) is 0 Å². The fourth-order valence-corrected chi connectivity index (χ4v) is 4.77. The van der Waals surface area contributed by atoms with E-state index >= 15 is 0 Å². The molecule has 0 bridgehead atoms. The van der Waals surface area contributed by atoms with Crippen LogP contribution in [0.3, 0.4) is 0 Å². The fraction of sp³-hybridized carbons (Fsp3) is 0.394. The van der Waals surface area contributed by atoms with Crippen LogP contribution in [0.1, 0.15) is 61.5 Å². The zero-order valence-electron chi connectivity index (χ0n) is 23.7. The number of carbonyl (C=O) groups excluding carboxylic acids is 1. The molecule has 6 heteroatoms. The first kappa shape index (κ1) is 28.2. The van der Waals surface area contributed by atoms with Crippen molar-refractivity contribution in [2.45, 2.75) is 65.8 Å². The van der Waals surface area contributed by atoms with Crippen LogP contribution in [0.15, 0.2) is 66.7 Å². The van der Waals surface area contributed by atoms with Crippen LogP contribution in [-0.2, 0) is 17.8 Å². The van der Waals surface area contributed by atoms with Crippen LogP contribution in [0.5, 0.6) is 11.5 Å². The number of aromatic nitrogens is 2. The number of rotatable bonds is 14. The zero-order chi connectivity index (χ0) is 27.6. The Kier molecular flexibility index (Phi) is 10.0. The van der Waals surface area contributed by atoms with Gasteiger partial charge in [-0.1, -0.05) is 62.7 Å². The molecule has 1 heterocycles. The molecule has 0 aliphatic rings. The van der Waals surface area contributed by atoms with Crippen LogP contribution < -0.4 is 14.8 Å². The van der Waals surface area contributed by atoms with E-state index in [0.717, 1.165) is 71.7 Å². The third-order valence-electron chi connectivity index (χ3n) is 6.95. The van der Waals surface area contributed by atoms with Crippen molar-refractivity contribution in [3.05, 3.63) is 89.2 Å². The molecule has 1 aromatic heterocycles. The van der Waals surface area contributed by atoms with Gasteiger partial charge in [-0.2, -0.15) is 0 Å². The highest BCUT2D eigenvalue weighted by atomic mass is 16.5. The lowest BCUT2D eigenvalue weighted by molar-refractivity contribution is -0.123. The molecular formula is C33H41N3O3. The van der Waals surface area contributed by atoms with E-state index in [2.05, 4.69) is 60.1 Å². The number of nitrogens with zero attached hydrogens (tertiary/aromatic N) is 2. The van der Waals surface area contributed by atoms with Gasteiger partial charge >= 0.3 is 0 Å². The van der Waals surface area contributed by atoms with Crippen molar-refractivity contribution >= 4 is 16.9 Å². The molecule has 0 fully saturated rings. The summed E-state index contributed by atoms with van der Waals surface area (Å²) in [4.78, 5) is 17.1. The second-order valence-electron chi connectivity index (χ2n) is 10.4. The third kappa shape index (κ3) is 7.85. The summed E-state index contributed by atoms with van der Waals surface area (Å²) in [6.45, 7) is 10.4. The molecule has 4 rings (SSSR count). The molecular weight excluding hydrogens is 486 g/mol. The molecule has 206 valence electrons. The Labute approximate surface area is 232 Å². The van der Waals surface area contributed by atoms with Crippen molar-refractivity contribution in [2.75, 3.05) is 19.8 Å². The van der Waals surface area contributed by atoms with Gasteiger partial charge in [0, 0.05) is 13.0 Å². The Morgan fingerprint density at radius 1 is 0.923 bits per heavy atom. The highest BCUT2D eigenvalue weighted by Crippen LogP contribution is 2.26. The van der Waals surface area contributed by atoms with Crippen LogP contribution in [-0.4, -0.2) is 35.2 Å². The largest absolute Gasteiger partial charge is 0.491 e. The third-order valence-corrected chi connectivity index (χ3v) is 6.95. The van der Waals surface area contributed by atoms with E-state index in [9.17, 15) is 4.79 Å². The quantitative estimate of drug-likeness (QED) is 0.184. The Morgan fingerprint density at radius 2 is 1.72 bits per heavy atom. The summed E-state index contributed by atoms with van der Waals surface area (Å²) in [7, 11) is 0. The Hall–Kier alpha value is -3.80. The second kappa shape index (κ2) is 13.8. The number of carbonyl (C=O) groups is 1. The molecule has 0 atom stereocenters. The Morgan fingerprint density at radius 3 is 2.56 bits per heavy atom. The number of imidazole rings is 1. The number of benzene rings is 3. The molecule has 0 aliphatic carbocycles. The molecule has 4 aromatic rings. The van der Waals surface area contributed by atoms with Crippen molar-refractivity contribution in [3.8, 4) is 11.5 Å². The average Bonchev–Trinajstić information content (AvgIpc) is 3.28. The predicted molar refractivity (Wildman–Crippen MR) is 158 cm³/mol. The highest BCUT2D eigenvalue weighted by molar-refractivity contribution is 5.77. The predicted octanol–water partition coefficient (Wildman–Crippen LogP) is 6.76. The van der Waals surface area contributed by atoms with Crippen molar-refractivity contribution in [3.63, 3.8) is 0 Å². The first-order chi connectivity index (χ1) is 18.9. The van der Waals surface area contributed by atoms with Crippen molar-refractivity contribution in [1.29, 1.82) is 0 Å². The number of ether oxygens (including phenoxy) is 2. The molecule has 0 saturated heterocycles. The van der Waals surface area contributed by atoms with E-state index in [-0.39, 0.29) is 12.5 Å². The first-order valence-electron chi connectivity index (χ1n) is 14.0. The average molecular weight is 528 g/mol. The Bertz CT molecular complexity index is 1380. The lowest BCUT2D eigenvalue weighted by Crippen LogP contribution is -2.29. The van der Waals surface area contributed by atoms with E-state index < -0.39 is 0 Å². The smallest absolute Gasteiger partial charge is 0.257 e. The van der Waals surface area contributed by atoms with E-state index in [1.807, 2.05) is 44.2 Å². The number of nitrogens with one attached hydrogen (secondary N) is 1. The van der Waals surface area contributed by atoms with Crippen LogP contribution in [0.4, 0.5) is 0 Å². The molecule has 1 N–H and O–H groups in total. The van der Waals surface area contributed by atoms with E-state index in [0.29, 0.717) is 19.1 Å². The minimum atomic E-state index is -0.0864. The molecule has 6 nitrogen and oxygen atoms in total. The van der Waals surface area contributed by atoms with Crippen molar-refractivity contribution in [1.82, 2.24) is 14.9 Å². The molecule has 39 heavy (non-hydrogen) atoms. The molecule has 3 aromatic carbocycles. The second-order valence-corrected chi connectivity index (χ2v) is 10.4. The maximum Gasteiger partial charge on any atom is 0.257 e. The summed E-state index contributed by atoms with van der Waals surface area (Å²) in [5, 5.41) is 2.97. The highest BCUT2D eigenvalue weighted by Gasteiger charge is 2.12. The summed E-state index contributed by atoms with van der Waals surface area (Å²) >= 11 is 0. The molecule has 0 spiro atoms. The van der Waals surface area contributed by atoms with Gasteiger partial charge in [-0.15, -0.1) is 0 Å². The summed E-state index contributed by atoms with van der Waals surface area (Å²) in [5.41, 5.74) is 5.55. The number of amides is 1.